The molecule has 0 aliphatic rings. The van der Waals surface area contributed by atoms with Crippen molar-refractivity contribution in [2.24, 2.45) is 0 Å². The van der Waals surface area contributed by atoms with Crippen LogP contribution < -0.4 is 0 Å². The molecular formula is C12H19N3O4. The van der Waals surface area contributed by atoms with Crippen molar-refractivity contribution in [3.63, 3.8) is 0 Å². The van der Waals surface area contributed by atoms with Crippen molar-refractivity contribution >= 4 is 11.9 Å². The highest BCUT2D eigenvalue weighted by molar-refractivity contribution is 5.95. The highest BCUT2D eigenvalue weighted by atomic mass is 16.5. The Morgan fingerprint density at radius 3 is 2.63 bits per heavy atom. The first-order valence-electron chi connectivity index (χ1n) is 5.95. The number of carbonyl (C=O) groups is 2. The third-order valence-electron chi connectivity index (χ3n) is 2.73. The van der Waals surface area contributed by atoms with E-state index in [1.165, 1.54) is 13.3 Å². The number of esters is 1. The first kappa shape index (κ1) is 15.2. The molecule has 0 saturated heterocycles. The van der Waals surface area contributed by atoms with Crippen LogP contribution in [0, 0.1) is 6.92 Å². The summed E-state index contributed by atoms with van der Waals surface area (Å²) in [4.78, 5) is 25.0. The monoisotopic (exact) mass is 269 g/mol. The fourth-order valence-corrected chi connectivity index (χ4v) is 1.58. The molecule has 0 spiro atoms. The maximum atomic E-state index is 12.3. The van der Waals surface area contributed by atoms with Crippen LogP contribution in [0.4, 0.5) is 0 Å². The maximum absolute atomic E-state index is 12.3. The van der Waals surface area contributed by atoms with E-state index in [9.17, 15) is 9.59 Å². The number of H-pyrrole nitrogens is 1. The number of rotatable bonds is 7. The van der Waals surface area contributed by atoms with Crippen LogP contribution in [-0.4, -0.2) is 60.9 Å². The second kappa shape index (κ2) is 7.52. The Kier molecular flexibility index (Phi) is 6.01. The van der Waals surface area contributed by atoms with E-state index in [1.54, 1.807) is 18.9 Å². The standard InChI is InChI=1S/C12H19N3O4/c1-9-10(8-13-14-9)12(17)15(6-7-18-2)5-4-11(16)19-3/h8H,4-7H2,1-3H3,(H,13,14). The van der Waals surface area contributed by atoms with Gasteiger partial charge in [-0.25, -0.2) is 0 Å². The number of hydrogen-bond donors (Lipinski definition) is 1. The smallest absolute Gasteiger partial charge is 0.307 e. The van der Waals surface area contributed by atoms with Gasteiger partial charge in [-0.15, -0.1) is 0 Å². The van der Waals surface area contributed by atoms with Gasteiger partial charge in [0.15, 0.2) is 0 Å². The number of hydrogen-bond acceptors (Lipinski definition) is 5. The molecule has 0 radical (unpaired) electrons. The molecule has 1 N–H and O–H groups in total. The predicted molar refractivity (Wildman–Crippen MR) is 67.7 cm³/mol. The summed E-state index contributed by atoms with van der Waals surface area (Å²) in [6.45, 7) is 2.88. The molecule has 7 nitrogen and oxygen atoms in total. The molecule has 0 aromatic carbocycles. The average molecular weight is 269 g/mol. The van der Waals surface area contributed by atoms with Crippen LogP contribution in [-0.2, 0) is 14.3 Å². The second-order valence-electron chi connectivity index (χ2n) is 4.02. The molecule has 19 heavy (non-hydrogen) atoms. The van der Waals surface area contributed by atoms with Crippen molar-refractivity contribution in [2.45, 2.75) is 13.3 Å². The van der Waals surface area contributed by atoms with Crippen molar-refractivity contribution in [3.8, 4) is 0 Å². The molecule has 1 heterocycles. The molecule has 106 valence electrons. The van der Waals surface area contributed by atoms with Gasteiger partial charge in [0.1, 0.15) is 0 Å². The number of ether oxygens (including phenoxy) is 2. The number of nitrogens with zero attached hydrogens (tertiary/aromatic N) is 2. The number of nitrogens with one attached hydrogen (secondary N) is 1. The summed E-state index contributed by atoms with van der Waals surface area (Å²) in [7, 11) is 2.88. The Morgan fingerprint density at radius 1 is 1.37 bits per heavy atom. The third kappa shape index (κ3) is 4.36. The zero-order chi connectivity index (χ0) is 14.3. The van der Waals surface area contributed by atoms with E-state index < -0.39 is 0 Å². The van der Waals surface area contributed by atoms with Gasteiger partial charge in [-0.1, -0.05) is 0 Å². The first-order chi connectivity index (χ1) is 9.10. The summed E-state index contributed by atoms with van der Waals surface area (Å²) in [5.41, 5.74) is 1.20. The zero-order valence-electron chi connectivity index (χ0n) is 11.4. The highest BCUT2D eigenvalue weighted by Gasteiger charge is 2.19. The molecule has 0 saturated carbocycles. The van der Waals surface area contributed by atoms with Gasteiger partial charge in [-0.05, 0) is 6.92 Å². The van der Waals surface area contributed by atoms with E-state index in [2.05, 4.69) is 14.9 Å². The van der Waals surface area contributed by atoms with Crippen LogP contribution in [0.25, 0.3) is 0 Å². The number of aromatic amines is 1. The number of amides is 1. The van der Waals surface area contributed by atoms with Gasteiger partial charge >= 0.3 is 5.97 Å². The summed E-state index contributed by atoms with van der Waals surface area (Å²) in [6.07, 6.45) is 1.64. The molecule has 0 atom stereocenters. The van der Waals surface area contributed by atoms with Crippen molar-refractivity contribution in [2.75, 3.05) is 33.9 Å². The topological polar surface area (TPSA) is 84.5 Å². The first-order valence-corrected chi connectivity index (χ1v) is 5.95. The Morgan fingerprint density at radius 2 is 2.11 bits per heavy atom. The van der Waals surface area contributed by atoms with Gasteiger partial charge < -0.3 is 14.4 Å². The number of aryl methyl sites for hydroxylation is 1. The molecule has 1 aromatic heterocycles. The molecule has 1 amide bonds. The lowest BCUT2D eigenvalue weighted by molar-refractivity contribution is -0.140. The van der Waals surface area contributed by atoms with Gasteiger partial charge in [0.2, 0.25) is 0 Å². The van der Waals surface area contributed by atoms with E-state index >= 15 is 0 Å². The summed E-state index contributed by atoms with van der Waals surface area (Å²) >= 11 is 0. The van der Waals surface area contributed by atoms with Crippen LogP contribution in [0.1, 0.15) is 22.5 Å². The maximum Gasteiger partial charge on any atom is 0.307 e. The number of methoxy groups -OCH3 is 2. The van der Waals surface area contributed by atoms with Gasteiger partial charge in [-0.2, -0.15) is 5.10 Å². The fraction of sp³-hybridized carbons (Fsp3) is 0.583. The van der Waals surface area contributed by atoms with Crippen LogP contribution in [0.15, 0.2) is 6.20 Å². The zero-order valence-corrected chi connectivity index (χ0v) is 11.4. The Bertz CT molecular complexity index is 430. The second-order valence-corrected chi connectivity index (χ2v) is 4.02. The van der Waals surface area contributed by atoms with Crippen molar-refractivity contribution in [1.82, 2.24) is 15.1 Å². The Balaban J connectivity index is 2.70. The van der Waals surface area contributed by atoms with E-state index in [4.69, 9.17) is 4.74 Å². The summed E-state index contributed by atoms with van der Waals surface area (Å²) < 4.78 is 9.54. The molecule has 1 rings (SSSR count). The highest BCUT2D eigenvalue weighted by Crippen LogP contribution is 2.08. The van der Waals surface area contributed by atoms with Gasteiger partial charge in [0.25, 0.3) is 5.91 Å². The Labute approximate surface area is 111 Å². The molecule has 7 heteroatoms. The fourth-order valence-electron chi connectivity index (χ4n) is 1.58. The molecule has 0 fully saturated rings. The van der Waals surface area contributed by atoms with E-state index in [1.807, 2.05) is 0 Å². The van der Waals surface area contributed by atoms with Gasteiger partial charge in [0.05, 0.1) is 31.9 Å². The SMILES string of the molecule is COCCN(CCC(=O)OC)C(=O)c1cn[nH]c1C. The summed E-state index contributed by atoms with van der Waals surface area (Å²) in [5.74, 6) is -0.522. The van der Waals surface area contributed by atoms with Crippen LogP contribution in [0.2, 0.25) is 0 Å². The predicted octanol–water partition coefficient (Wildman–Crippen LogP) is 0.370. The van der Waals surface area contributed by atoms with Crippen molar-refractivity contribution < 1.29 is 19.1 Å². The van der Waals surface area contributed by atoms with Crippen LogP contribution in [0.3, 0.4) is 0 Å². The lowest BCUT2D eigenvalue weighted by atomic mass is 10.2. The molecule has 1 aromatic rings. The number of carbonyl (C=O) groups excluding carboxylic acids is 2. The van der Waals surface area contributed by atoms with Crippen LogP contribution >= 0.6 is 0 Å². The van der Waals surface area contributed by atoms with Crippen molar-refractivity contribution in [3.05, 3.63) is 17.5 Å². The quantitative estimate of drug-likeness (QED) is 0.723. The van der Waals surface area contributed by atoms with E-state index in [0.29, 0.717) is 31.0 Å². The lowest BCUT2D eigenvalue weighted by Crippen LogP contribution is -2.36. The molecular weight excluding hydrogens is 250 g/mol. The van der Waals surface area contributed by atoms with Crippen LogP contribution in [0.5, 0.6) is 0 Å². The average Bonchev–Trinajstić information content (AvgIpc) is 2.84. The minimum Gasteiger partial charge on any atom is -0.469 e. The number of aromatic nitrogens is 2. The molecule has 0 unspecified atom stereocenters. The normalized spacial score (nSPS) is 10.3. The van der Waals surface area contributed by atoms with E-state index in [0.717, 1.165) is 0 Å². The summed E-state index contributed by atoms with van der Waals surface area (Å²) in [6, 6.07) is 0. The molecule has 0 aliphatic heterocycles. The van der Waals surface area contributed by atoms with E-state index in [-0.39, 0.29) is 18.3 Å². The minimum atomic E-state index is -0.348. The molecule has 0 aliphatic carbocycles. The third-order valence-corrected chi connectivity index (χ3v) is 2.73. The molecule has 0 bridgehead atoms. The van der Waals surface area contributed by atoms with Crippen molar-refractivity contribution in [1.29, 1.82) is 0 Å². The minimum absolute atomic E-state index is 0.156. The Hall–Kier alpha value is -1.89. The lowest BCUT2D eigenvalue weighted by Gasteiger charge is -2.21. The van der Waals surface area contributed by atoms with Gasteiger partial charge in [0, 0.05) is 25.9 Å². The largest absolute Gasteiger partial charge is 0.469 e. The summed E-state index contributed by atoms with van der Waals surface area (Å²) in [5, 5.41) is 6.54. The van der Waals surface area contributed by atoms with Gasteiger partial charge in [-0.3, -0.25) is 14.7 Å².